The SMILES string of the molecule is CCCN(CC(NC)c1ccc(C)c(C)c1)C(C)C. The molecule has 0 radical (unpaired) electrons. The van der Waals surface area contributed by atoms with Crippen LogP contribution in [0.4, 0.5) is 0 Å². The third kappa shape index (κ3) is 4.63. The summed E-state index contributed by atoms with van der Waals surface area (Å²) in [6.45, 7) is 13.4. The van der Waals surface area contributed by atoms with Gasteiger partial charge in [0.25, 0.3) is 0 Å². The van der Waals surface area contributed by atoms with Crippen molar-refractivity contribution in [3.05, 3.63) is 34.9 Å². The van der Waals surface area contributed by atoms with E-state index in [1.54, 1.807) is 0 Å². The summed E-state index contributed by atoms with van der Waals surface area (Å²) < 4.78 is 0. The Morgan fingerprint density at radius 2 is 1.84 bits per heavy atom. The molecule has 0 aliphatic heterocycles. The molecule has 0 bridgehead atoms. The maximum Gasteiger partial charge on any atom is 0.0447 e. The van der Waals surface area contributed by atoms with Crippen molar-refractivity contribution < 1.29 is 0 Å². The van der Waals surface area contributed by atoms with E-state index < -0.39 is 0 Å². The van der Waals surface area contributed by atoms with Gasteiger partial charge in [0.2, 0.25) is 0 Å². The second kappa shape index (κ2) is 7.66. The molecule has 0 heterocycles. The quantitative estimate of drug-likeness (QED) is 0.806. The summed E-state index contributed by atoms with van der Waals surface area (Å²) in [5.41, 5.74) is 4.14. The molecule has 0 saturated carbocycles. The molecule has 2 heteroatoms. The molecule has 0 amide bonds. The summed E-state index contributed by atoms with van der Waals surface area (Å²) in [7, 11) is 2.06. The van der Waals surface area contributed by atoms with Crippen LogP contribution in [-0.4, -0.2) is 31.1 Å². The number of rotatable bonds is 7. The molecule has 0 aromatic heterocycles. The van der Waals surface area contributed by atoms with Crippen LogP contribution in [0.2, 0.25) is 0 Å². The molecule has 108 valence electrons. The highest BCUT2D eigenvalue weighted by Crippen LogP contribution is 2.19. The summed E-state index contributed by atoms with van der Waals surface area (Å²) in [6, 6.07) is 7.82. The lowest BCUT2D eigenvalue weighted by atomic mass is 10.0. The largest absolute Gasteiger partial charge is 0.312 e. The molecule has 1 N–H and O–H groups in total. The molecule has 1 aromatic rings. The second-order valence-corrected chi connectivity index (χ2v) is 5.77. The van der Waals surface area contributed by atoms with Crippen molar-refractivity contribution >= 4 is 0 Å². The topological polar surface area (TPSA) is 15.3 Å². The van der Waals surface area contributed by atoms with E-state index in [0.717, 1.165) is 6.54 Å². The van der Waals surface area contributed by atoms with Crippen molar-refractivity contribution in [2.24, 2.45) is 0 Å². The molecular formula is C17H30N2. The van der Waals surface area contributed by atoms with E-state index in [1.807, 2.05) is 0 Å². The molecule has 0 aliphatic carbocycles. The first-order chi connectivity index (χ1) is 8.99. The lowest BCUT2D eigenvalue weighted by molar-refractivity contribution is 0.200. The Kier molecular flexibility index (Phi) is 6.53. The lowest BCUT2D eigenvalue weighted by Crippen LogP contribution is -2.38. The van der Waals surface area contributed by atoms with Gasteiger partial charge >= 0.3 is 0 Å². The first-order valence-corrected chi connectivity index (χ1v) is 7.48. The fourth-order valence-corrected chi connectivity index (χ4v) is 2.43. The van der Waals surface area contributed by atoms with Crippen LogP contribution in [-0.2, 0) is 0 Å². The zero-order valence-electron chi connectivity index (χ0n) is 13.5. The Morgan fingerprint density at radius 3 is 2.32 bits per heavy atom. The fraction of sp³-hybridized carbons (Fsp3) is 0.647. The van der Waals surface area contributed by atoms with Gasteiger partial charge in [-0.3, -0.25) is 4.90 Å². The van der Waals surface area contributed by atoms with E-state index in [-0.39, 0.29) is 0 Å². The Morgan fingerprint density at radius 1 is 1.16 bits per heavy atom. The maximum absolute atomic E-state index is 3.47. The number of hydrogen-bond acceptors (Lipinski definition) is 2. The van der Waals surface area contributed by atoms with E-state index in [1.165, 1.54) is 29.7 Å². The fourth-order valence-electron chi connectivity index (χ4n) is 2.43. The Bertz CT molecular complexity index is 385. The van der Waals surface area contributed by atoms with Gasteiger partial charge in [-0.2, -0.15) is 0 Å². The van der Waals surface area contributed by atoms with Gasteiger partial charge in [-0.1, -0.05) is 25.1 Å². The van der Waals surface area contributed by atoms with E-state index in [2.05, 4.69) is 70.1 Å². The predicted molar refractivity (Wildman–Crippen MR) is 84.7 cm³/mol. The van der Waals surface area contributed by atoms with Crippen LogP contribution in [0.1, 0.15) is 49.9 Å². The van der Waals surface area contributed by atoms with Crippen LogP contribution < -0.4 is 5.32 Å². The van der Waals surface area contributed by atoms with E-state index in [4.69, 9.17) is 0 Å². The number of nitrogens with zero attached hydrogens (tertiary/aromatic N) is 1. The maximum atomic E-state index is 3.47. The highest BCUT2D eigenvalue weighted by molar-refractivity contribution is 5.31. The Hall–Kier alpha value is -0.860. The van der Waals surface area contributed by atoms with Crippen LogP contribution in [0.25, 0.3) is 0 Å². The van der Waals surface area contributed by atoms with E-state index in [9.17, 15) is 0 Å². The molecule has 2 nitrogen and oxygen atoms in total. The van der Waals surface area contributed by atoms with Gasteiger partial charge in [0.05, 0.1) is 0 Å². The highest BCUT2D eigenvalue weighted by Gasteiger charge is 2.16. The number of likely N-dealkylation sites (N-methyl/N-ethyl adjacent to an activating group) is 1. The smallest absolute Gasteiger partial charge is 0.0447 e. The van der Waals surface area contributed by atoms with Crippen molar-refractivity contribution in [1.82, 2.24) is 10.2 Å². The third-order valence-electron chi connectivity index (χ3n) is 3.94. The molecule has 1 rings (SSSR count). The number of aryl methyl sites for hydroxylation is 2. The van der Waals surface area contributed by atoms with Crippen molar-refractivity contribution in [2.45, 2.75) is 53.1 Å². The molecule has 0 saturated heterocycles. The zero-order valence-corrected chi connectivity index (χ0v) is 13.5. The van der Waals surface area contributed by atoms with Gasteiger partial charge in [0.1, 0.15) is 0 Å². The average molecular weight is 262 g/mol. The standard InChI is InChI=1S/C17H30N2/c1-7-10-19(13(2)3)12-17(18-6)16-9-8-14(4)15(5)11-16/h8-9,11,13,17-18H,7,10,12H2,1-6H3. The molecule has 19 heavy (non-hydrogen) atoms. The molecule has 0 aliphatic rings. The summed E-state index contributed by atoms with van der Waals surface area (Å²) in [5.74, 6) is 0. The minimum atomic E-state index is 0.410. The van der Waals surface area contributed by atoms with Gasteiger partial charge in [-0.25, -0.2) is 0 Å². The van der Waals surface area contributed by atoms with Crippen LogP contribution >= 0.6 is 0 Å². The van der Waals surface area contributed by atoms with Gasteiger partial charge in [0, 0.05) is 18.6 Å². The van der Waals surface area contributed by atoms with Crippen LogP contribution in [0.5, 0.6) is 0 Å². The second-order valence-electron chi connectivity index (χ2n) is 5.77. The summed E-state index contributed by atoms with van der Waals surface area (Å²) in [5, 5.41) is 3.47. The van der Waals surface area contributed by atoms with Crippen molar-refractivity contribution in [3.8, 4) is 0 Å². The molecule has 0 fully saturated rings. The summed E-state index contributed by atoms with van der Waals surface area (Å²) in [6.07, 6.45) is 1.21. The van der Waals surface area contributed by atoms with E-state index in [0.29, 0.717) is 12.1 Å². The Balaban J connectivity index is 2.84. The molecule has 0 spiro atoms. The summed E-state index contributed by atoms with van der Waals surface area (Å²) in [4.78, 5) is 2.55. The normalized spacial score (nSPS) is 13.3. The third-order valence-corrected chi connectivity index (χ3v) is 3.94. The zero-order chi connectivity index (χ0) is 14.4. The molecule has 1 aromatic carbocycles. The van der Waals surface area contributed by atoms with Crippen LogP contribution in [0.3, 0.4) is 0 Å². The molecule has 1 atom stereocenters. The Labute approximate surface area is 119 Å². The summed E-state index contributed by atoms with van der Waals surface area (Å²) >= 11 is 0. The van der Waals surface area contributed by atoms with Gasteiger partial charge < -0.3 is 5.32 Å². The number of benzene rings is 1. The predicted octanol–water partition coefficient (Wildman–Crippen LogP) is 3.68. The van der Waals surface area contributed by atoms with Crippen LogP contribution in [0.15, 0.2) is 18.2 Å². The van der Waals surface area contributed by atoms with Crippen LogP contribution in [0, 0.1) is 13.8 Å². The monoisotopic (exact) mass is 262 g/mol. The average Bonchev–Trinajstić information content (AvgIpc) is 2.37. The minimum absolute atomic E-state index is 0.410. The van der Waals surface area contributed by atoms with Crippen molar-refractivity contribution in [2.75, 3.05) is 20.1 Å². The molecular weight excluding hydrogens is 232 g/mol. The van der Waals surface area contributed by atoms with E-state index >= 15 is 0 Å². The lowest BCUT2D eigenvalue weighted by Gasteiger charge is -2.30. The minimum Gasteiger partial charge on any atom is -0.312 e. The van der Waals surface area contributed by atoms with Crippen molar-refractivity contribution in [3.63, 3.8) is 0 Å². The molecule has 1 unspecified atom stereocenters. The first kappa shape index (κ1) is 16.2. The number of nitrogens with one attached hydrogen (secondary N) is 1. The van der Waals surface area contributed by atoms with Gasteiger partial charge in [-0.15, -0.1) is 0 Å². The highest BCUT2D eigenvalue weighted by atomic mass is 15.2. The van der Waals surface area contributed by atoms with Gasteiger partial charge in [0.15, 0.2) is 0 Å². The van der Waals surface area contributed by atoms with Gasteiger partial charge in [-0.05, 0) is 64.4 Å². The van der Waals surface area contributed by atoms with Crippen molar-refractivity contribution in [1.29, 1.82) is 0 Å². The first-order valence-electron chi connectivity index (χ1n) is 7.48. The number of hydrogen-bond donors (Lipinski definition) is 1.